The SMILES string of the molecule is CC(=O)NC(C)CCO. The Balaban J connectivity index is 3.26. The van der Waals surface area contributed by atoms with Gasteiger partial charge in [0.2, 0.25) is 5.91 Å². The summed E-state index contributed by atoms with van der Waals surface area (Å²) in [6.07, 6.45) is 0.625. The second-order valence-corrected chi connectivity index (χ2v) is 2.11. The molecule has 0 bridgehead atoms. The van der Waals surface area contributed by atoms with Crippen molar-refractivity contribution in [1.82, 2.24) is 5.32 Å². The first-order valence-corrected chi connectivity index (χ1v) is 3.04. The number of aliphatic hydroxyl groups excluding tert-OH is 1. The lowest BCUT2D eigenvalue weighted by Gasteiger charge is -2.08. The number of hydrogen-bond donors (Lipinski definition) is 2. The van der Waals surface area contributed by atoms with Crippen LogP contribution in [-0.2, 0) is 4.79 Å². The van der Waals surface area contributed by atoms with Crippen molar-refractivity contribution in [2.45, 2.75) is 26.3 Å². The Morgan fingerprint density at radius 1 is 1.78 bits per heavy atom. The molecule has 2 N–H and O–H groups in total. The van der Waals surface area contributed by atoms with Gasteiger partial charge in [0, 0.05) is 19.6 Å². The smallest absolute Gasteiger partial charge is 0.217 e. The van der Waals surface area contributed by atoms with Gasteiger partial charge in [-0.25, -0.2) is 0 Å². The molecule has 3 nitrogen and oxygen atoms in total. The maximum atomic E-state index is 10.3. The lowest BCUT2D eigenvalue weighted by atomic mass is 10.2. The maximum Gasteiger partial charge on any atom is 0.217 e. The number of rotatable bonds is 3. The summed E-state index contributed by atoms with van der Waals surface area (Å²) in [6.45, 7) is 3.45. The minimum atomic E-state index is -0.0454. The number of hydrogen-bond acceptors (Lipinski definition) is 2. The van der Waals surface area contributed by atoms with Crippen LogP contribution < -0.4 is 5.32 Å². The van der Waals surface area contributed by atoms with E-state index in [-0.39, 0.29) is 18.6 Å². The first-order valence-electron chi connectivity index (χ1n) is 3.04. The zero-order chi connectivity index (χ0) is 7.28. The first kappa shape index (κ1) is 8.43. The fourth-order valence-electron chi connectivity index (χ4n) is 0.613. The van der Waals surface area contributed by atoms with Crippen LogP contribution in [0.3, 0.4) is 0 Å². The van der Waals surface area contributed by atoms with Crippen LogP contribution in [0.1, 0.15) is 20.3 Å². The summed E-state index contributed by atoms with van der Waals surface area (Å²) in [5.41, 5.74) is 0. The van der Waals surface area contributed by atoms with Crippen molar-refractivity contribution in [3.8, 4) is 0 Å². The van der Waals surface area contributed by atoms with Crippen molar-refractivity contribution in [3.05, 3.63) is 0 Å². The highest BCUT2D eigenvalue weighted by Crippen LogP contribution is 1.86. The first-order chi connectivity index (χ1) is 4.16. The van der Waals surface area contributed by atoms with Gasteiger partial charge in [0.1, 0.15) is 0 Å². The molecule has 0 aliphatic rings. The largest absolute Gasteiger partial charge is 0.396 e. The summed E-state index contributed by atoms with van der Waals surface area (Å²) in [5, 5.41) is 11.0. The number of nitrogens with one attached hydrogen (secondary N) is 1. The van der Waals surface area contributed by atoms with Gasteiger partial charge in [-0.05, 0) is 13.3 Å². The predicted octanol–water partition coefficient (Wildman–Crippen LogP) is -0.107. The molecule has 0 rings (SSSR count). The van der Waals surface area contributed by atoms with E-state index >= 15 is 0 Å². The van der Waals surface area contributed by atoms with Crippen molar-refractivity contribution >= 4 is 5.91 Å². The average Bonchev–Trinajstić information content (AvgIpc) is 1.63. The Kier molecular flexibility index (Phi) is 4.05. The van der Waals surface area contributed by atoms with Crippen LogP contribution in [0.25, 0.3) is 0 Å². The Morgan fingerprint density at radius 3 is 2.67 bits per heavy atom. The Labute approximate surface area is 55.1 Å². The van der Waals surface area contributed by atoms with Crippen molar-refractivity contribution in [2.75, 3.05) is 6.61 Å². The number of amides is 1. The van der Waals surface area contributed by atoms with Gasteiger partial charge in [0.15, 0.2) is 0 Å². The van der Waals surface area contributed by atoms with Crippen molar-refractivity contribution < 1.29 is 9.90 Å². The van der Waals surface area contributed by atoms with E-state index in [4.69, 9.17) is 5.11 Å². The average molecular weight is 131 g/mol. The van der Waals surface area contributed by atoms with Crippen LogP contribution in [0, 0.1) is 0 Å². The summed E-state index contributed by atoms with van der Waals surface area (Å²) in [5.74, 6) is -0.0454. The molecule has 9 heavy (non-hydrogen) atoms. The molecule has 0 saturated heterocycles. The molecule has 0 saturated carbocycles. The van der Waals surface area contributed by atoms with E-state index < -0.39 is 0 Å². The van der Waals surface area contributed by atoms with Crippen LogP contribution in [0.15, 0.2) is 0 Å². The molecule has 0 aliphatic carbocycles. The number of carbonyl (C=O) groups excluding carboxylic acids is 1. The summed E-state index contributed by atoms with van der Waals surface area (Å²) in [7, 11) is 0. The van der Waals surface area contributed by atoms with Gasteiger partial charge in [0.25, 0.3) is 0 Å². The topological polar surface area (TPSA) is 49.3 Å². The van der Waals surface area contributed by atoms with E-state index in [1.165, 1.54) is 6.92 Å². The highest BCUT2D eigenvalue weighted by molar-refractivity contribution is 5.73. The molecule has 1 unspecified atom stereocenters. The standard InChI is InChI=1S/C6H13NO2/c1-5(3-4-8)7-6(2)9/h5,8H,3-4H2,1-2H3,(H,7,9). The van der Waals surface area contributed by atoms with Gasteiger partial charge in [0.05, 0.1) is 0 Å². The highest BCUT2D eigenvalue weighted by atomic mass is 16.3. The van der Waals surface area contributed by atoms with Gasteiger partial charge in [-0.3, -0.25) is 4.79 Å². The second kappa shape index (κ2) is 4.32. The molecule has 0 fully saturated rings. The van der Waals surface area contributed by atoms with Crippen molar-refractivity contribution in [3.63, 3.8) is 0 Å². The van der Waals surface area contributed by atoms with Crippen LogP contribution in [0.5, 0.6) is 0 Å². The molecule has 0 aromatic heterocycles. The normalized spacial score (nSPS) is 12.8. The summed E-state index contributed by atoms with van der Waals surface area (Å²) in [4.78, 5) is 10.3. The summed E-state index contributed by atoms with van der Waals surface area (Å²) >= 11 is 0. The predicted molar refractivity (Wildman–Crippen MR) is 35.0 cm³/mol. The minimum Gasteiger partial charge on any atom is -0.396 e. The number of aliphatic hydroxyl groups is 1. The molecule has 0 aromatic carbocycles. The monoisotopic (exact) mass is 131 g/mol. The zero-order valence-electron chi connectivity index (χ0n) is 5.85. The Hall–Kier alpha value is -0.570. The molecule has 0 aliphatic heterocycles. The van der Waals surface area contributed by atoms with E-state index in [2.05, 4.69) is 5.32 Å². The van der Waals surface area contributed by atoms with Gasteiger partial charge in [-0.1, -0.05) is 0 Å². The molecular formula is C6H13NO2. The molecule has 1 amide bonds. The Morgan fingerprint density at radius 2 is 2.33 bits per heavy atom. The highest BCUT2D eigenvalue weighted by Gasteiger charge is 1.99. The fraction of sp³-hybridized carbons (Fsp3) is 0.833. The Bertz CT molecular complexity index is 93.1. The van der Waals surface area contributed by atoms with E-state index in [0.29, 0.717) is 6.42 Å². The fourth-order valence-corrected chi connectivity index (χ4v) is 0.613. The van der Waals surface area contributed by atoms with Gasteiger partial charge in [-0.2, -0.15) is 0 Å². The third-order valence-corrected chi connectivity index (χ3v) is 1.01. The molecule has 0 aromatic rings. The molecule has 1 atom stereocenters. The van der Waals surface area contributed by atoms with E-state index in [1.807, 2.05) is 6.92 Å². The molecule has 0 heterocycles. The third-order valence-electron chi connectivity index (χ3n) is 1.01. The summed E-state index contributed by atoms with van der Waals surface area (Å²) < 4.78 is 0. The van der Waals surface area contributed by atoms with Crippen molar-refractivity contribution in [2.24, 2.45) is 0 Å². The van der Waals surface area contributed by atoms with Crippen molar-refractivity contribution in [1.29, 1.82) is 0 Å². The lowest BCUT2D eigenvalue weighted by molar-refractivity contribution is -0.119. The molecule has 3 heteroatoms. The lowest BCUT2D eigenvalue weighted by Crippen LogP contribution is -2.30. The maximum absolute atomic E-state index is 10.3. The molecule has 0 spiro atoms. The number of carbonyl (C=O) groups is 1. The molecule has 0 radical (unpaired) electrons. The van der Waals surface area contributed by atoms with Crippen LogP contribution in [0.2, 0.25) is 0 Å². The van der Waals surface area contributed by atoms with E-state index in [9.17, 15) is 4.79 Å². The molecule has 54 valence electrons. The second-order valence-electron chi connectivity index (χ2n) is 2.11. The summed E-state index contributed by atoms with van der Waals surface area (Å²) in [6, 6.07) is 0.0903. The quantitative estimate of drug-likeness (QED) is 0.561. The van der Waals surface area contributed by atoms with Crippen LogP contribution >= 0.6 is 0 Å². The van der Waals surface area contributed by atoms with Gasteiger partial charge < -0.3 is 10.4 Å². The molecular weight excluding hydrogens is 118 g/mol. The van der Waals surface area contributed by atoms with Crippen LogP contribution in [-0.4, -0.2) is 23.7 Å². The van der Waals surface area contributed by atoms with Gasteiger partial charge in [-0.15, -0.1) is 0 Å². The van der Waals surface area contributed by atoms with E-state index in [0.717, 1.165) is 0 Å². The minimum absolute atomic E-state index is 0.0454. The third kappa shape index (κ3) is 5.30. The van der Waals surface area contributed by atoms with E-state index in [1.54, 1.807) is 0 Å². The van der Waals surface area contributed by atoms with Gasteiger partial charge >= 0.3 is 0 Å². The van der Waals surface area contributed by atoms with Crippen LogP contribution in [0.4, 0.5) is 0 Å². The zero-order valence-corrected chi connectivity index (χ0v) is 5.85.